The fourth-order valence-electron chi connectivity index (χ4n) is 3.54. The van der Waals surface area contributed by atoms with Crippen LogP contribution in [0.1, 0.15) is 16.1 Å². The average molecular weight is 414 g/mol. The molecular formula is C23H18N4O2S. The number of rotatable bonds is 5. The Balaban J connectivity index is 1.57. The van der Waals surface area contributed by atoms with Crippen LogP contribution in [0.3, 0.4) is 0 Å². The maximum absolute atomic E-state index is 12.5. The van der Waals surface area contributed by atoms with Gasteiger partial charge in [0.15, 0.2) is 0 Å². The van der Waals surface area contributed by atoms with Crippen LogP contribution in [0, 0.1) is 0 Å². The summed E-state index contributed by atoms with van der Waals surface area (Å²) in [5.41, 5.74) is 6.63. The number of hydrazone groups is 1. The molecule has 5 rings (SSSR count). The second-order valence-corrected chi connectivity index (χ2v) is 7.81. The molecule has 1 aliphatic rings. The molecule has 0 radical (unpaired) electrons. The van der Waals surface area contributed by atoms with Gasteiger partial charge in [-0.25, -0.2) is 10.4 Å². The number of amides is 1. The number of aromatic nitrogens is 2. The minimum Gasteiger partial charge on any atom is -0.488 e. The highest BCUT2D eigenvalue weighted by Gasteiger charge is 2.26. The van der Waals surface area contributed by atoms with Crippen molar-refractivity contribution in [1.29, 1.82) is 0 Å². The summed E-state index contributed by atoms with van der Waals surface area (Å²) in [6.07, 6.45) is 5.56. The van der Waals surface area contributed by atoms with E-state index in [1.54, 1.807) is 6.20 Å². The molecule has 2 aromatic heterocycles. The van der Waals surface area contributed by atoms with E-state index in [0.717, 1.165) is 27.8 Å². The van der Waals surface area contributed by atoms with Gasteiger partial charge in [0.2, 0.25) is 0 Å². The van der Waals surface area contributed by atoms with E-state index in [-0.39, 0.29) is 5.91 Å². The van der Waals surface area contributed by atoms with Gasteiger partial charge in [0, 0.05) is 35.8 Å². The van der Waals surface area contributed by atoms with Gasteiger partial charge in [-0.3, -0.25) is 4.79 Å². The Hall–Kier alpha value is -3.71. The molecule has 3 heterocycles. The van der Waals surface area contributed by atoms with Gasteiger partial charge >= 0.3 is 0 Å². The Morgan fingerprint density at radius 3 is 2.83 bits per heavy atom. The Morgan fingerprint density at radius 2 is 2.03 bits per heavy atom. The van der Waals surface area contributed by atoms with Crippen LogP contribution in [-0.2, 0) is 18.4 Å². The van der Waals surface area contributed by atoms with Gasteiger partial charge in [-0.05, 0) is 23.8 Å². The summed E-state index contributed by atoms with van der Waals surface area (Å²) in [6.45, 7) is 0.469. The number of hydrogen-bond donors (Lipinski definition) is 1. The molecule has 0 saturated heterocycles. The number of carbonyl (C=O) groups is 1. The van der Waals surface area contributed by atoms with E-state index in [4.69, 9.17) is 4.74 Å². The van der Waals surface area contributed by atoms with Gasteiger partial charge in [-0.1, -0.05) is 36.4 Å². The van der Waals surface area contributed by atoms with Gasteiger partial charge < -0.3 is 9.30 Å². The molecule has 1 aliphatic heterocycles. The highest BCUT2D eigenvalue weighted by Crippen LogP contribution is 2.33. The molecule has 30 heavy (non-hydrogen) atoms. The van der Waals surface area contributed by atoms with Crippen LogP contribution in [0.2, 0.25) is 0 Å². The molecule has 0 spiro atoms. The number of fused-ring (bicyclic) bond motifs is 1. The standard InChI is InChI=1S/C23H18N4O2S/c1-27-13-16(12-17-21(25-26-22(17)28)23-24-10-11-30-23)20-18(27)8-5-9-19(20)29-14-15-6-3-2-4-7-15/h2-13H,14H2,1H3,(H,26,28)/b17-12-. The Bertz CT molecular complexity index is 1290. The Labute approximate surface area is 177 Å². The number of nitrogens with one attached hydrogen (secondary N) is 1. The van der Waals surface area contributed by atoms with Crippen LogP contribution < -0.4 is 10.2 Å². The van der Waals surface area contributed by atoms with Gasteiger partial charge in [-0.15, -0.1) is 11.3 Å². The van der Waals surface area contributed by atoms with Crippen molar-refractivity contribution >= 4 is 39.9 Å². The summed E-state index contributed by atoms with van der Waals surface area (Å²) < 4.78 is 8.20. The van der Waals surface area contributed by atoms with Crippen molar-refractivity contribution in [3.8, 4) is 5.75 Å². The topological polar surface area (TPSA) is 68.5 Å². The third-order valence-corrected chi connectivity index (χ3v) is 5.73. The summed E-state index contributed by atoms with van der Waals surface area (Å²) in [5.74, 6) is 0.537. The first-order valence-electron chi connectivity index (χ1n) is 9.45. The Kier molecular flexibility index (Phi) is 4.65. The number of aryl methyl sites for hydroxylation is 1. The lowest BCUT2D eigenvalue weighted by Gasteiger charge is -2.09. The predicted molar refractivity (Wildman–Crippen MR) is 118 cm³/mol. The molecule has 4 aromatic rings. The van der Waals surface area contributed by atoms with Gasteiger partial charge in [0.25, 0.3) is 5.91 Å². The van der Waals surface area contributed by atoms with Crippen LogP contribution in [-0.4, -0.2) is 21.2 Å². The maximum atomic E-state index is 12.5. The lowest BCUT2D eigenvalue weighted by Crippen LogP contribution is -2.13. The summed E-state index contributed by atoms with van der Waals surface area (Å²) in [4.78, 5) is 16.8. The number of nitrogens with zero attached hydrogens (tertiary/aromatic N) is 3. The van der Waals surface area contributed by atoms with Crippen molar-refractivity contribution in [2.24, 2.45) is 12.1 Å². The molecule has 6 nitrogen and oxygen atoms in total. The van der Waals surface area contributed by atoms with E-state index in [9.17, 15) is 4.79 Å². The fraction of sp³-hybridized carbons (Fsp3) is 0.0870. The smallest absolute Gasteiger partial charge is 0.273 e. The van der Waals surface area contributed by atoms with Crippen LogP contribution in [0.15, 0.2) is 77.0 Å². The molecule has 1 amide bonds. The molecule has 0 atom stereocenters. The molecule has 0 unspecified atom stereocenters. The predicted octanol–water partition coefficient (Wildman–Crippen LogP) is 4.13. The fourth-order valence-corrected chi connectivity index (χ4v) is 4.18. The lowest BCUT2D eigenvalue weighted by molar-refractivity contribution is -0.116. The molecule has 148 valence electrons. The second kappa shape index (κ2) is 7.61. The lowest BCUT2D eigenvalue weighted by atomic mass is 10.1. The first-order valence-corrected chi connectivity index (χ1v) is 10.3. The maximum Gasteiger partial charge on any atom is 0.273 e. The summed E-state index contributed by atoms with van der Waals surface area (Å²) in [6, 6.07) is 16.0. The van der Waals surface area contributed by atoms with E-state index < -0.39 is 0 Å². The number of hydrogen-bond acceptors (Lipinski definition) is 5. The van der Waals surface area contributed by atoms with Crippen LogP contribution in [0.25, 0.3) is 17.0 Å². The number of thiazole rings is 1. The normalized spacial score (nSPS) is 14.9. The third kappa shape index (κ3) is 3.29. The zero-order valence-electron chi connectivity index (χ0n) is 16.2. The number of ether oxygens (including phenoxy) is 1. The number of benzene rings is 2. The van der Waals surface area contributed by atoms with Crippen LogP contribution >= 0.6 is 11.3 Å². The molecule has 0 aliphatic carbocycles. The number of carbonyl (C=O) groups excluding carboxylic acids is 1. The molecule has 7 heteroatoms. The zero-order valence-corrected chi connectivity index (χ0v) is 17.0. The minimum atomic E-state index is -0.236. The van der Waals surface area contributed by atoms with Crippen molar-refractivity contribution in [1.82, 2.24) is 15.0 Å². The first kappa shape index (κ1) is 18.3. The molecule has 2 aromatic carbocycles. The zero-order chi connectivity index (χ0) is 20.5. The van der Waals surface area contributed by atoms with Gasteiger partial charge in [0.05, 0.1) is 11.1 Å². The summed E-state index contributed by atoms with van der Waals surface area (Å²) >= 11 is 1.45. The molecule has 0 saturated carbocycles. The minimum absolute atomic E-state index is 0.236. The van der Waals surface area contributed by atoms with Crippen molar-refractivity contribution in [3.63, 3.8) is 0 Å². The quantitative estimate of drug-likeness (QED) is 0.499. The SMILES string of the molecule is Cn1cc(/C=C2\C(=O)NN=C2c2nccs2)c2c(OCc3ccccc3)cccc21. The Morgan fingerprint density at radius 1 is 1.17 bits per heavy atom. The molecular weight excluding hydrogens is 396 g/mol. The molecule has 0 fully saturated rings. The molecule has 1 N–H and O–H groups in total. The third-order valence-electron chi connectivity index (χ3n) is 4.95. The van der Waals surface area contributed by atoms with Crippen molar-refractivity contribution in [3.05, 3.63) is 88.0 Å². The summed E-state index contributed by atoms with van der Waals surface area (Å²) in [5, 5.41) is 7.72. The van der Waals surface area contributed by atoms with Gasteiger partial charge in [-0.2, -0.15) is 5.10 Å². The van der Waals surface area contributed by atoms with E-state index in [0.29, 0.717) is 22.9 Å². The van der Waals surface area contributed by atoms with Crippen molar-refractivity contribution in [2.75, 3.05) is 0 Å². The van der Waals surface area contributed by atoms with Crippen molar-refractivity contribution < 1.29 is 9.53 Å². The van der Waals surface area contributed by atoms with E-state index in [1.165, 1.54) is 11.3 Å². The van der Waals surface area contributed by atoms with Crippen molar-refractivity contribution in [2.45, 2.75) is 6.61 Å². The average Bonchev–Trinajstić information content (AvgIpc) is 3.49. The first-order chi connectivity index (χ1) is 14.7. The van der Waals surface area contributed by atoms with Gasteiger partial charge in [0.1, 0.15) is 23.1 Å². The van der Waals surface area contributed by atoms with Crippen LogP contribution in [0.4, 0.5) is 0 Å². The molecule has 0 bridgehead atoms. The monoisotopic (exact) mass is 414 g/mol. The largest absolute Gasteiger partial charge is 0.488 e. The highest BCUT2D eigenvalue weighted by atomic mass is 32.1. The highest BCUT2D eigenvalue weighted by molar-refractivity contribution is 7.12. The van der Waals surface area contributed by atoms with E-state index in [2.05, 4.69) is 15.5 Å². The van der Waals surface area contributed by atoms with E-state index >= 15 is 0 Å². The second-order valence-electron chi connectivity index (χ2n) is 6.92. The van der Waals surface area contributed by atoms with E-state index in [1.807, 2.05) is 77.8 Å². The van der Waals surface area contributed by atoms with Crippen LogP contribution in [0.5, 0.6) is 5.75 Å². The summed E-state index contributed by atoms with van der Waals surface area (Å²) in [7, 11) is 1.98.